The smallest absolute Gasteiger partial charge is 0.408 e. The maximum absolute atomic E-state index is 13.6. The molecule has 208 valence electrons. The van der Waals surface area contributed by atoms with Crippen LogP contribution in [0.25, 0.3) is 0 Å². The molecule has 0 radical (unpaired) electrons. The first-order valence-electron chi connectivity index (χ1n) is 13.3. The molecule has 37 heavy (non-hydrogen) atoms. The Labute approximate surface area is 220 Å². The van der Waals surface area contributed by atoms with Crippen LogP contribution in [0.3, 0.4) is 0 Å². The number of hydrogen-bond acceptors (Lipinski definition) is 7. The molecule has 9 heteroatoms. The molecule has 1 aliphatic heterocycles. The molecule has 0 aromatic rings. The zero-order chi connectivity index (χ0) is 27.8. The number of unbranched alkanes of at least 4 members (excludes halogenated alkanes) is 3. The summed E-state index contributed by atoms with van der Waals surface area (Å²) in [6.07, 6.45) is 6.05. The summed E-state index contributed by atoms with van der Waals surface area (Å²) in [6.45, 7) is 14.6. The van der Waals surface area contributed by atoms with Crippen LogP contribution in [-0.4, -0.2) is 70.7 Å². The Bertz CT molecular complexity index is 865. The van der Waals surface area contributed by atoms with Crippen molar-refractivity contribution < 1.29 is 33.8 Å². The van der Waals surface area contributed by atoms with Gasteiger partial charge in [-0.15, -0.1) is 13.2 Å². The van der Waals surface area contributed by atoms with Gasteiger partial charge >= 0.3 is 12.1 Å². The Balaban J connectivity index is 2.17. The normalized spacial score (nSPS) is 25.6. The fourth-order valence-corrected chi connectivity index (χ4v) is 4.94. The molecule has 0 spiro atoms. The number of alkyl carbamates (subject to hydrolysis) is 1. The molecule has 2 rings (SSSR count). The maximum atomic E-state index is 13.6. The SMILES string of the molecule is C=CCCCCC[C@@H](NC(=O)OC(C)(C)C)C(=O)N1C[C@@H](O)C[C@H]1C(=O)C[C@]1(C(=O)OCC)C[C@H]1C=C. The van der Waals surface area contributed by atoms with E-state index < -0.39 is 47.2 Å². The summed E-state index contributed by atoms with van der Waals surface area (Å²) in [5.41, 5.74) is -1.70. The molecule has 2 N–H and O–H groups in total. The Morgan fingerprint density at radius 3 is 2.46 bits per heavy atom. The fraction of sp³-hybridized carbons (Fsp3) is 0.714. The summed E-state index contributed by atoms with van der Waals surface area (Å²) in [5.74, 6) is -1.34. The fourth-order valence-electron chi connectivity index (χ4n) is 4.94. The first-order valence-corrected chi connectivity index (χ1v) is 13.3. The third-order valence-electron chi connectivity index (χ3n) is 6.91. The maximum Gasteiger partial charge on any atom is 0.408 e. The third kappa shape index (κ3) is 8.42. The van der Waals surface area contributed by atoms with Crippen molar-refractivity contribution in [2.24, 2.45) is 11.3 Å². The summed E-state index contributed by atoms with van der Waals surface area (Å²) in [6, 6.07) is -1.79. The highest BCUT2D eigenvalue weighted by atomic mass is 16.6. The lowest BCUT2D eigenvalue weighted by Crippen LogP contribution is -2.52. The van der Waals surface area contributed by atoms with Crippen molar-refractivity contribution in [3.8, 4) is 0 Å². The van der Waals surface area contributed by atoms with Crippen LogP contribution in [0.15, 0.2) is 25.3 Å². The van der Waals surface area contributed by atoms with Crippen molar-refractivity contribution in [3.05, 3.63) is 25.3 Å². The van der Waals surface area contributed by atoms with E-state index in [4.69, 9.17) is 9.47 Å². The quantitative estimate of drug-likeness (QED) is 0.203. The molecule has 0 aromatic carbocycles. The standard InChI is InChI=1S/C28H44N2O7/c1-7-10-11-12-13-14-21(29-26(35)37-27(4,5)6)24(33)30-18-20(31)15-22(30)23(32)17-28(16-19(28)8-2)25(34)36-9-3/h7-8,19-22,31H,1-2,9-18H2,3-6H3,(H,29,35)/t19-,20+,21-,22+,28-/m1/s1. The van der Waals surface area contributed by atoms with Gasteiger partial charge in [0.15, 0.2) is 5.78 Å². The van der Waals surface area contributed by atoms with Gasteiger partial charge in [-0.25, -0.2) is 4.79 Å². The lowest BCUT2D eigenvalue weighted by atomic mass is 9.92. The third-order valence-corrected chi connectivity index (χ3v) is 6.91. The molecule has 1 heterocycles. The highest BCUT2D eigenvalue weighted by Crippen LogP contribution is 2.57. The Kier molecular flexibility index (Phi) is 10.9. The minimum Gasteiger partial charge on any atom is -0.466 e. The van der Waals surface area contributed by atoms with E-state index in [0.717, 1.165) is 19.3 Å². The molecule has 0 bridgehead atoms. The summed E-state index contributed by atoms with van der Waals surface area (Å²) in [7, 11) is 0. The van der Waals surface area contributed by atoms with Gasteiger partial charge in [-0.3, -0.25) is 14.4 Å². The number of ether oxygens (including phenoxy) is 2. The minimum absolute atomic E-state index is 0.0184. The molecule has 1 saturated carbocycles. The number of nitrogens with zero attached hydrogens (tertiary/aromatic N) is 1. The van der Waals surface area contributed by atoms with Gasteiger partial charge in [0.1, 0.15) is 11.6 Å². The van der Waals surface area contributed by atoms with Crippen LogP contribution in [-0.2, 0) is 23.9 Å². The van der Waals surface area contributed by atoms with Crippen molar-refractivity contribution in [3.63, 3.8) is 0 Å². The lowest BCUT2D eigenvalue weighted by Gasteiger charge is -2.30. The molecule has 0 unspecified atom stereocenters. The number of allylic oxidation sites excluding steroid dienone is 2. The van der Waals surface area contributed by atoms with Crippen LogP contribution in [0.5, 0.6) is 0 Å². The van der Waals surface area contributed by atoms with Gasteiger partial charge in [0.05, 0.1) is 24.2 Å². The number of hydrogen-bond donors (Lipinski definition) is 2. The minimum atomic E-state index is -0.962. The van der Waals surface area contributed by atoms with Crippen LogP contribution < -0.4 is 5.32 Å². The number of ketones is 1. The molecule has 0 aromatic heterocycles. The van der Waals surface area contributed by atoms with Crippen molar-refractivity contribution in [2.75, 3.05) is 13.2 Å². The van der Waals surface area contributed by atoms with Crippen molar-refractivity contribution in [1.82, 2.24) is 10.2 Å². The largest absolute Gasteiger partial charge is 0.466 e. The van der Waals surface area contributed by atoms with Crippen molar-refractivity contribution in [2.45, 2.75) is 103 Å². The summed E-state index contributed by atoms with van der Waals surface area (Å²) < 4.78 is 10.6. The molecule has 2 amide bonds. The van der Waals surface area contributed by atoms with Gasteiger partial charge in [0.2, 0.25) is 5.91 Å². The van der Waals surface area contributed by atoms with Crippen molar-refractivity contribution in [1.29, 1.82) is 0 Å². The van der Waals surface area contributed by atoms with E-state index in [1.54, 1.807) is 33.8 Å². The van der Waals surface area contributed by atoms with E-state index in [-0.39, 0.29) is 37.7 Å². The van der Waals surface area contributed by atoms with Crippen molar-refractivity contribution >= 4 is 23.8 Å². The van der Waals surface area contributed by atoms with Crippen LogP contribution in [0.2, 0.25) is 0 Å². The predicted molar refractivity (Wildman–Crippen MR) is 140 cm³/mol. The highest BCUT2D eigenvalue weighted by molar-refractivity contribution is 5.96. The van der Waals surface area contributed by atoms with E-state index in [2.05, 4.69) is 18.5 Å². The van der Waals surface area contributed by atoms with Gasteiger partial charge in [0.25, 0.3) is 0 Å². The predicted octanol–water partition coefficient (Wildman–Crippen LogP) is 3.69. The van der Waals surface area contributed by atoms with Gasteiger partial charge in [0, 0.05) is 19.4 Å². The van der Waals surface area contributed by atoms with Gasteiger partial charge in [-0.05, 0) is 59.3 Å². The number of likely N-dealkylation sites (tertiary alicyclic amines) is 1. The van der Waals surface area contributed by atoms with E-state index in [0.29, 0.717) is 19.3 Å². The molecule has 5 atom stereocenters. The average Bonchev–Trinajstić information content (AvgIpc) is 3.39. The average molecular weight is 521 g/mol. The van der Waals surface area contributed by atoms with Crippen LogP contribution in [0, 0.1) is 11.3 Å². The number of nitrogens with one attached hydrogen (secondary N) is 1. The zero-order valence-corrected chi connectivity index (χ0v) is 22.8. The van der Waals surface area contributed by atoms with Gasteiger partial charge in [-0.1, -0.05) is 25.0 Å². The number of amides is 2. The molecule has 1 aliphatic carbocycles. The number of carbonyl (C=O) groups is 4. The van der Waals surface area contributed by atoms with Gasteiger partial charge in [-0.2, -0.15) is 0 Å². The number of carbonyl (C=O) groups excluding carboxylic acids is 4. The Hall–Kier alpha value is -2.68. The Morgan fingerprint density at radius 1 is 1.19 bits per heavy atom. The monoisotopic (exact) mass is 520 g/mol. The first-order chi connectivity index (χ1) is 17.4. The molecular weight excluding hydrogens is 476 g/mol. The van der Waals surface area contributed by atoms with E-state index in [9.17, 15) is 24.3 Å². The number of esters is 1. The summed E-state index contributed by atoms with van der Waals surface area (Å²) in [5, 5.41) is 13.1. The number of Topliss-reactive ketones (excluding diaryl/α,β-unsaturated/α-hetero) is 1. The summed E-state index contributed by atoms with van der Waals surface area (Å²) >= 11 is 0. The van der Waals surface area contributed by atoms with E-state index >= 15 is 0 Å². The summed E-state index contributed by atoms with van der Waals surface area (Å²) in [4.78, 5) is 53.6. The second-order valence-electron chi connectivity index (χ2n) is 11.1. The number of aliphatic hydroxyl groups excluding tert-OH is 1. The molecule has 1 saturated heterocycles. The zero-order valence-electron chi connectivity index (χ0n) is 22.8. The van der Waals surface area contributed by atoms with E-state index in [1.165, 1.54) is 4.90 Å². The topological polar surface area (TPSA) is 122 Å². The van der Waals surface area contributed by atoms with Crippen LogP contribution in [0.1, 0.15) is 79.1 Å². The second kappa shape index (κ2) is 13.2. The first kappa shape index (κ1) is 30.5. The van der Waals surface area contributed by atoms with Crippen LogP contribution >= 0.6 is 0 Å². The van der Waals surface area contributed by atoms with Gasteiger partial charge < -0.3 is 24.8 Å². The number of rotatable bonds is 14. The van der Waals surface area contributed by atoms with Crippen LogP contribution in [0.4, 0.5) is 4.79 Å². The highest BCUT2D eigenvalue weighted by Gasteiger charge is 2.61. The second-order valence-corrected chi connectivity index (χ2v) is 11.1. The molecule has 2 fully saturated rings. The Morgan fingerprint density at radius 2 is 1.89 bits per heavy atom. The van der Waals surface area contributed by atoms with E-state index in [1.807, 2.05) is 6.08 Å². The number of β-amino-alcohol motifs (C(OH)–C–C–N with tert-alkyl or cyclic N) is 1. The molecular formula is C28H44N2O7. The lowest BCUT2D eigenvalue weighted by molar-refractivity contribution is -0.152. The number of aliphatic hydroxyl groups is 1. The molecule has 9 nitrogen and oxygen atoms in total. The molecule has 2 aliphatic rings.